The quantitative estimate of drug-likeness (QED) is 0.797. The standard InChI is InChI=1S/C8H9ClN2O2/c1-2-13-8(12)11-7-4-3-6(9)5-10-7/h3-5H,2H2,1H3,(H,10,11,12). The Kier molecular flexibility index (Phi) is 3.52. The van der Waals surface area contributed by atoms with Crippen LogP contribution in [0, 0.1) is 0 Å². The highest BCUT2D eigenvalue weighted by atomic mass is 35.5. The minimum absolute atomic E-state index is 0.333. The van der Waals surface area contributed by atoms with Crippen molar-refractivity contribution in [2.24, 2.45) is 0 Å². The summed E-state index contributed by atoms with van der Waals surface area (Å²) >= 11 is 5.60. The lowest BCUT2D eigenvalue weighted by Crippen LogP contribution is -2.13. The highest BCUT2D eigenvalue weighted by molar-refractivity contribution is 6.30. The van der Waals surface area contributed by atoms with Crippen LogP contribution in [-0.4, -0.2) is 17.7 Å². The lowest BCUT2D eigenvalue weighted by Gasteiger charge is -2.03. The number of carbonyl (C=O) groups is 1. The van der Waals surface area contributed by atoms with Gasteiger partial charge in [0.25, 0.3) is 0 Å². The SMILES string of the molecule is CCOC(=O)Nc1ccc(Cl)cn1. The van der Waals surface area contributed by atoms with Gasteiger partial charge in [-0.05, 0) is 19.1 Å². The minimum Gasteiger partial charge on any atom is -0.450 e. The smallest absolute Gasteiger partial charge is 0.412 e. The molecule has 1 N–H and O–H groups in total. The number of amides is 1. The second-order valence-electron chi connectivity index (χ2n) is 2.21. The molecule has 0 saturated heterocycles. The van der Waals surface area contributed by atoms with Crippen molar-refractivity contribution < 1.29 is 9.53 Å². The molecule has 0 bridgehead atoms. The van der Waals surface area contributed by atoms with Crippen LogP contribution in [0.1, 0.15) is 6.92 Å². The normalized spacial score (nSPS) is 9.38. The second-order valence-corrected chi connectivity index (χ2v) is 2.64. The average molecular weight is 201 g/mol. The van der Waals surface area contributed by atoms with E-state index in [-0.39, 0.29) is 0 Å². The maximum atomic E-state index is 10.9. The summed E-state index contributed by atoms with van der Waals surface area (Å²) in [4.78, 5) is 14.7. The Morgan fingerprint density at radius 3 is 3.00 bits per heavy atom. The minimum atomic E-state index is -0.516. The van der Waals surface area contributed by atoms with Gasteiger partial charge in [0, 0.05) is 6.20 Å². The summed E-state index contributed by atoms with van der Waals surface area (Å²) in [6.45, 7) is 2.06. The summed E-state index contributed by atoms with van der Waals surface area (Å²) in [7, 11) is 0. The molecular weight excluding hydrogens is 192 g/mol. The van der Waals surface area contributed by atoms with Crippen LogP contribution in [0.5, 0.6) is 0 Å². The molecule has 0 unspecified atom stereocenters. The number of pyridine rings is 1. The van der Waals surface area contributed by atoms with Gasteiger partial charge in [-0.15, -0.1) is 0 Å². The number of nitrogens with zero attached hydrogens (tertiary/aromatic N) is 1. The molecule has 0 aliphatic carbocycles. The summed E-state index contributed by atoms with van der Waals surface area (Å²) < 4.78 is 4.65. The third-order valence-electron chi connectivity index (χ3n) is 1.23. The number of rotatable bonds is 2. The molecule has 1 heterocycles. The Morgan fingerprint density at radius 2 is 2.46 bits per heavy atom. The monoisotopic (exact) mass is 200 g/mol. The molecule has 0 aliphatic rings. The van der Waals surface area contributed by atoms with E-state index in [0.717, 1.165) is 0 Å². The van der Waals surface area contributed by atoms with Crippen LogP contribution in [-0.2, 0) is 4.74 Å². The van der Waals surface area contributed by atoms with Gasteiger partial charge in [-0.25, -0.2) is 9.78 Å². The number of aromatic nitrogens is 1. The average Bonchev–Trinajstić information content (AvgIpc) is 2.09. The van der Waals surface area contributed by atoms with Crippen molar-refractivity contribution >= 4 is 23.5 Å². The molecule has 0 aliphatic heterocycles. The fourth-order valence-corrected chi connectivity index (χ4v) is 0.833. The van der Waals surface area contributed by atoms with Crippen LogP contribution in [0.3, 0.4) is 0 Å². The Labute approximate surface area is 80.9 Å². The molecule has 13 heavy (non-hydrogen) atoms. The number of hydrogen-bond donors (Lipinski definition) is 1. The lowest BCUT2D eigenvalue weighted by molar-refractivity contribution is 0.168. The zero-order valence-electron chi connectivity index (χ0n) is 7.08. The van der Waals surface area contributed by atoms with Crippen LogP contribution >= 0.6 is 11.6 Å². The van der Waals surface area contributed by atoms with Crippen LogP contribution < -0.4 is 5.32 Å². The molecule has 0 aromatic carbocycles. The molecule has 5 heteroatoms. The van der Waals surface area contributed by atoms with Gasteiger partial charge in [0.2, 0.25) is 0 Å². The molecule has 0 atom stereocenters. The highest BCUT2D eigenvalue weighted by Gasteiger charge is 2.01. The van der Waals surface area contributed by atoms with E-state index in [9.17, 15) is 4.79 Å². The first kappa shape index (κ1) is 9.80. The first-order valence-corrected chi connectivity index (χ1v) is 4.15. The van der Waals surface area contributed by atoms with Gasteiger partial charge in [0.1, 0.15) is 5.82 Å². The highest BCUT2D eigenvalue weighted by Crippen LogP contribution is 2.09. The van der Waals surface area contributed by atoms with Crippen LogP contribution in [0.2, 0.25) is 5.02 Å². The zero-order valence-corrected chi connectivity index (χ0v) is 7.84. The summed E-state index contributed by atoms with van der Waals surface area (Å²) in [6.07, 6.45) is 0.931. The molecule has 0 spiro atoms. The van der Waals surface area contributed by atoms with E-state index in [2.05, 4.69) is 15.0 Å². The Balaban J connectivity index is 2.54. The summed E-state index contributed by atoms with van der Waals surface area (Å²) in [5, 5.41) is 2.96. The van der Waals surface area contributed by atoms with Crippen molar-refractivity contribution in [1.29, 1.82) is 0 Å². The molecule has 0 fully saturated rings. The molecule has 70 valence electrons. The first-order valence-electron chi connectivity index (χ1n) is 3.77. The van der Waals surface area contributed by atoms with E-state index < -0.39 is 6.09 Å². The predicted molar refractivity (Wildman–Crippen MR) is 49.9 cm³/mol. The van der Waals surface area contributed by atoms with E-state index in [1.165, 1.54) is 6.20 Å². The van der Waals surface area contributed by atoms with Gasteiger partial charge in [0.05, 0.1) is 11.6 Å². The van der Waals surface area contributed by atoms with Crippen molar-refractivity contribution in [1.82, 2.24) is 4.98 Å². The largest absolute Gasteiger partial charge is 0.450 e. The van der Waals surface area contributed by atoms with Crippen LogP contribution in [0.4, 0.5) is 10.6 Å². The number of hydrogen-bond acceptors (Lipinski definition) is 3. The van der Waals surface area contributed by atoms with E-state index >= 15 is 0 Å². The summed E-state index contributed by atoms with van der Waals surface area (Å²) in [5.41, 5.74) is 0. The summed E-state index contributed by atoms with van der Waals surface area (Å²) in [5.74, 6) is 0.419. The Hall–Kier alpha value is -1.29. The van der Waals surface area contributed by atoms with Gasteiger partial charge in [-0.1, -0.05) is 11.6 Å². The van der Waals surface area contributed by atoms with Crippen LogP contribution in [0.25, 0.3) is 0 Å². The maximum Gasteiger partial charge on any atom is 0.412 e. The predicted octanol–water partition coefficient (Wildman–Crippen LogP) is 2.30. The fraction of sp³-hybridized carbons (Fsp3) is 0.250. The van der Waals surface area contributed by atoms with Gasteiger partial charge < -0.3 is 4.74 Å². The second kappa shape index (κ2) is 4.67. The van der Waals surface area contributed by atoms with E-state index in [4.69, 9.17) is 11.6 Å². The van der Waals surface area contributed by atoms with Gasteiger partial charge in [-0.3, -0.25) is 5.32 Å². The molecule has 0 radical (unpaired) electrons. The molecular formula is C8H9ClN2O2. The molecule has 1 aromatic heterocycles. The van der Waals surface area contributed by atoms with Gasteiger partial charge in [-0.2, -0.15) is 0 Å². The van der Waals surface area contributed by atoms with E-state index in [0.29, 0.717) is 17.4 Å². The molecule has 1 aromatic rings. The van der Waals surface area contributed by atoms with E-state index in [1.54, 1.807) is 19.1 Å². The number of anilines is 1. The molecule has 4 nitrogen and oxygen atoms in total. The summed E-state index contributed by atoms with van der Waals surface area (Å²) in [6, 6.07) is 3.23. The van der Waals surface area contributed by atoms with Gasteiger partial charge >= 0.3 is 6.09 Å². The third-order valence-corrected chi connectivity index (χ3v) is 1.46. The Morgan fingerprint density at radius 1 is 1.69 bits per heavy atom. The Bertz CT molecular complexity index is 287. The van der Waals surface area contributed by atoms with E-state index in [1.807, 2.05) is 0 Å². The number of nitrogens with one attached hydrogen (secondary N) is 1. The van der Waals surface area contributed by atoms with Crippen molar-refractivity contribution in [2.45, 2.75) is 6.92 Å². The number of ether oxygens (including phenoxy) is 1. The third kappa shape index (κ3) is 3.29. The van der Waals surface area contributed by atoms with Crippen molar-refractivity contribution in [2.75, 3.05) is 11.9 Å². The van der Waals surface area contributed by atoms with Crippen molar-refractivity contribution in [3.05, 3.63) is 23.4 Å². The van der Waals surface area contributed by atoms with Crippen molar-refractivity contribution in [3.8, 4) is 0 Å². The maximum absolute atomic E-state index is 10.9. The zero-order chi connectivity index (χ0) is 9.68. The molecule has 0 saturated carbocycles. The fourth-order valence-electron chi connectivity index (χ4n) is 0.722. The molecule has 1 amide bonds. The van der Waals surface area contributed by atoms with Crippen LogP contribution in [0.15, 0.2) is 18.3 Å². The number of halogens is 1. The van der Waals surface area contributed by atoms with Gasteiger partial charge in [0.15, 0.2) is 0 Å². The topological polar surface area (TPSA) is 51.2 Å². The first-order chi connectivity index (χ1) is 6.22. The lowest BCUT2D eigenvalue weighted by atomic mass is 10.5. The van der Waals surface area contributed by atoms with Crippen molar-refractivity contribution in [3.63, 3.8) is 0 Å². The molecule has 1 rings (SSSR count). The number of carbonyl (C=O) groups excluding carboxylic acids is 1.